The molecule has 1 aliphatic carbocycles. The molecule has 1 amide bonds. The number of nitrogens with one attached hydrogen (secondary N) is 1. The first kappa shape index (κ1) is 17.7. The summed E-state index contributed by atoms with van der Waals surface area (Å²) in [6.07, 6.45) is 8.86. The molecule has 0 aromatic carbocycles. The number of hydrogen-bond acceptors (Lipinski definition) is 5. The summed E-state index contributed by atoms with van der Waals surface area (Å²) in [5.41, 5.74) is 2.58. The van der Waals surface area contributed by atoms with Crippen LogP contribution in [0.4, 0.5) is 5.82 Å². The van der Waals surface area contributed by atoms with Crippen LogP contribution in [0.25, 0.3) is 0 Å². The summed E-state index contributed by atoms with van der Waals surface area (Å²) in [5.74, 6) is 1.44. The summed E-state index contributed by atoms with van der Waals surface area (Å²) in [6, 6.07) is 2.55. The normalized spacial score (nSPS) is 25.0. The lowest BCUT2D eigenvalue weighted by Gasteiger charge is -2.35. The Bertz CT molecular complexity index is 641. The van der Waals surface area contributed by atoms with Gasteiger partial charge in [0.05, 0.1) is 11.6 Å². The maximum atomic E-state index is 12.6. The minimum Gasteiger partial charge on any atom is -0.355 e. The van der Waals surface area contributed by atoms with Crippen LogP contribution in [-0.2, 0) is 17.6 Å². The van der Waals surface area contributed by atoms with E-state index in [0.717, 1.165) is 70.5 Å². The number of carbonyl (C=O) groups excluding carboxylic acids is 1. The largest absolute Gasteiger partial charge is 0.355 e. The highest BCUT2D eigenvalue weighted by Crippen LogP contribution is 2.24. The second-order valence-corrected chi connectivity index (χ2v) is 8.25. The molecule has 6 heteroatoms. The maximum absolute atomic E-state index is 12.6. The van der Waals surface area contributed by atoms with E-state index in [0.29, 0.717) is 6.04 Å². The van der Waals surface area contributed by atoms with Crippen molar-refractivity contribution in [2.45, 2.75) is 57.4 Å². The topological polar surface area (TPSA) is 61.4 Å². The zero-order valence-corrected chi connectivity index (χ0v) is 15.9. The Morgan fingerprint density at radius 2 is 1.88 bits per heavy atom. The highest BCUT2D eigenvalue weighted by atomic mass is 16.2. The number of anilines is 1. The third-order valence-corrected chi connectivity index (χ3v) is 6.22. The average molecular weight is 358 g/mol. The zero-order valence-electron chi connectivity index (χ0n) is 15.9. The first-order valence-electron chi connectivity index (χ1n) is 10.3. The van der Waals surface area contributed by atoms with Gasteiger partial charge in [0.2, 0.25) is 5.91 Å². The van der Waals surface area contributed by atoms with Crippen LogP contribution in [0, 0.1) is 5.92 Å². The van der Waals surface area contributed by atoms with Gasteiger partial charge in [-0.3, -0.25) is 4.79 Å². The molecule has 0 saturated carbocycles. The summed E-state index contributed by atoms with van der Waals surface area (Å²) in [4.78, 5) is 17.2. The van der Waals surface area contributed by atoms with Crippen LogP contribution in [0.1, 0.15) is 49.8 Å². The third-order valence-electron chi connectivity index (χ3n) is 6.22. The van der Waals surface area contributed by atoms with E-state index in [1.165, 1.54) is 24.1 Å². The van der Waals surface area contributed by atoms with Gasteiger partial charge in [-0.25, -0.2) is 0 Å². The molecule has 0 bridgehead atoms. The quantitative estimate of drug-likeness (QED) is 0.894. The molecule has 1 aromatic rings. The van der Waals surface area contributed by atoms with E-state index in [4.69, 9.17) is 0 Å². The second kappa shape index (κ2) is 7.91. The number of hydrogen-bond donors (Lipinski definition) is 1. The predicted molar refractivity (Wildman–Crippen MR) is 102 cm³/mol. The lowest BCUT2D eigenvalue weighted by atomic mass is 9.95. The molecule has 0 radical (unpaired) electrons. The van der Waals surface area contributed by atoms with E-state index in [-0.39, 0.29) is 11.8 Å². The van der Waals surface area contributed by atoms with E-state index in [1.54, 1.807) is 0 Å². The molecule has 1 aromatic heterocycles. The first-order chi connectivity index (χ1) is 12.7. The van der Waals surface area contributed by atoms with Crippen LogP contribution < -0.4 is 10.2 Å². The molecular weight excluding hydrogens is 326 g/mol. The molecule has 142 valence electrons. The molecule has 2 aliphatic heterocycles. The predicted octanol–water partition coefficient (Wildman–Crippen LogP) is 1.78. The number of aromatic nitrogens is 2. The number of likely N-dealkylation sites (tertiary alicyclic amines) is 1. The molecule has 4 rings (SSSR count). The van der Waals surface area contributed by atoms with Crippen molar-refractivity contribution in [3.8, 4) is 0 Å². The van der Waals surface area contributed by atoms with Gasteiger partial charge < -0.3 is 15.1 Å². The van der Waals surface area contributed by atoms with Crippen molar-refractivity contribution in [2.75, 3.05) is 38.1 Å². The van der Waals surface area contributed by atoms with Gasteiger partial charge >= 0.3 is 0 Å². The summed E-state index contributed by atoms with van der Waals surface area (Å²) in [6.45, 7) is 3.91. The molecule has 26 heavy (non-hydrogen) atoms. The average Bonchev–Trinajstić information content (AvgIpc) is 2.68. The van der Waals surface area contributed by atoms with Gasteiger partial charge in [-0.05, 0) is 76.6 Å². The number of carbonyl (C=O) groups is 1. The van der Waals surface area contributed by atoms with Crippen LogP contribution in [-0.4, -0.2) is 60.3 Å². The number of piperidine rings is 2. The highest BCUT2D eigenvalue weighted by Gasteiger charge is 2.28. The molecule has 1 atom stereocenters. The Labute approximate surface area is 156 Å². The molecule has 2 fully saturated rings. The van der Waals surface area contributed by atoms with Crippen molar-refractivity contribution in [1.29, 1.82) is 0 Å². The number of nitrogens with zero attached hydrogens (tertiary/aromatic N) is 4. The molecule has 6 nitrogen and oxygen atoms in total. The van der Waals surface area contributed by atoms with Crippen LogP contribution in [0.3, 0.4) is 0 Å². The van der Waals surface area contributed by atoms with Gasteiger partial charge in [0.25, 0.3) is 0 Å². The monoisotopic (exact) mass is 357 g/mol. The van der Waals surface area contributed by atoms with E-state index >= 15 is 0 Å². The Kier molecular flexibility index (Phi) is 5.38. The number of aryl methyl sites for hydroxylation is 2. The van der Waals surface area contributed by atoms with Crippen molar-refractivity contribution >= 4 is 11.7 Å². The van der Waals surface area contributed by atoms with Crippen molar-refractivity contribution in [1.82, 2.24) is 20.4 Å². The van der Waals surface area contributed by atoms with Gasteiger partial charge in [-0.15, -0.1) is 5.10 Å². The zero-order chi connectivity index (χ0) is 17.9. The maximum Gasteiger partial charge on any atom is 0.224 e. The Balaban J connectivity index is 1.29. The third kappa shape index (κ3) is 4.00. The molecule has 3 aliphatic rings. The molecule has 3 heterocycles. The summed E-state index contributed by atoms with van der Waals surface area (Å²) < 4.78 is 0. The standard InChI is InChI=1S/C20H31N5O/c1-24-10-4-6-16(14-24)20(26)21-17-8-11-25(12-9-17)19-13-15-5-2-3-7-18(15)22-23-19/h13,16-17H,2-12,14H2,1H3,(H,21,26). The fraction of sp³-hybridized carbons (Fsp3) is 0.750. The van der Waals surface area contributed by atoms with Crippen molar-refractivity contribution in [3.05, 3.63) is 17.3 Å². The van der Waals surface area contributed by atoms with Crippen molar-refractivity contribution in [3.63, 3.8) is 0 Å². The van der Waals surface area contributed by atoms with Gasteiger partial charge in [-0.1, -0.05) is 0 Å². The summed E-state index contributed by atoms with van der Waals surface area (Å²) in [7, 11) is 2.11. The number of rotatable bonds is 3. The fourth-order valence-corrected chi connectivity index (χ4v) is 4.59. The van der Waals surface area contributed by atoms with E-state index in [9.17, 15) is 4.79 Å². The summed E-state index contributed by atoms with van der Waals surface area (Å²) >= 11 is 0. The van der Waals surface area contributed by atoms with E-state index in [2.05, 4.69) is 38.4 Å². The second-order valence-electron chi connectivity index (χ2n) is 8.25. The van der Waals surface area contributed by atoms with E-state index < -0.39 is 0 Å². The number of fused-ring (bicyclic) bond motifs is 1. The Morgan fingerprint density at radius 1 is 1.08 bits per heavy atom. The van der Waals surface area contributed by atoms with Gasteiger partial charge in [0, 0.05) is 25.7 Å². The van der Waals surface area contributed by atoms with E-state index in [1.807, 2.05) is 0 Å². The minimum atomic E-state index is 0.165. The SMILES string of the molecule is CN1CCCC(C(=O)NC2CCN(c3cc4c(nn3)CCCC4)CC2)C1. The van der Waals surface area contributed by atoms with Crippen LogP contribution in [0.15, 0.2) is 6.07 Å². The lowest BCUT2D eigenvalue weighted by molar-refractivity contribution is -0.127. The Morgan fingerprint density at radius 3 is 2.69 bits per heavy atom. The van der Waals surface area contributed by atoms with Crippen LogP contribution >= 0.6 is 0 Å². The highest BCUT2D eigenvalue weighted by molar-refractivity contribution is 5.79. The molecule has 0 spiro atoms. The molecule has 1 unspecified atom stereocenters. The smallest absolute Gasteiger partial charge is 0.224 e. The summed E-state index contributed by atoms with van der Waals surface area (Å²) in [5, 5.41) is 12.2. The van der Waals surface area contributed by atoms with Crippen LogP contribution in [0.5, 0.6) is 0 Å². The molecule has 1 N–H and O–H groups in total. The first-order valence-corrected chi connectivity index (χ1v) is 10.3. The minimum absolute atomic E-state index is 0.165. The fourth-order valence-electron chi connectivity index (χ4n) is 4.59. The lowest BCUT2D eigenvalue weighted by Crippen LogP contribution is -2.49. The van der Waals surface area contributed by atoms with Crippen molar-refractivity contribution in [2.24, 2.45) is 5.92 Å². The van der Waals surface area contributed by atoms with Crippen LogP contribution in [0.2, 0.25) is 0 Å². The van der Waals surface area contributed by atoms with Gasteiger partial charge in [-0.2, -0.15) is 5.10 Å². The molecule has 2 saturated heterocycles. The van der Waals surface area contributed by atoms with Gasteiger partial charge in [0.1, 0.15) is 0 Å². The van der Waals surface area contributed by atoms with Crippen molar-refractivity contribution < 1.29 is 4.79 Å². The Hall–Kier alpha value is -1.69. The number of amides is 1. The van der Waals surface area contributed by atoms with Gasteiger partial charge in [0.15, 0.2) is 5.82 Å². The molecular formula is C20H31N5O.